The first-order valence-electron chi connectivity index (χ1n) is 4.58. The third-order valence-electron chi connectivity index (χ3n) is 2.43. The maximum atomic E-state index is 10.8. The van der Waals surface area contributed by atoms with E-state index in [1.54, 1.807) is 6.92 Å². The molecule has 2 rings (SSSR count). The lowest BCUT2D eigenvalue weighted by Gasteiger charge is -2.01. The highest BCUT2D eigenvalue weighted by atomic mass is 16.5. The third kappa shape index (κ3) is 1.37. The van der Waals surface area contributed by atoms with Crippen molar-refractivity contribution in [3.8, 4) is 11.5 Å². The fraction of sp³-hybridized carbons (Fsp3) is 0.182. The lowest BCUT2D eigenvalue weighted by Crippen LogP contribution is -1.95. The quantitative estimate of drug-likeness (QED) is 0.813. The molecule has 0 aliphatic rings. The van der Waals surface area contributed by atoms with Crippen molar-refractivity contribution in [2.75, 3.05) is 7.11 Å². The zero-order chi connectivity index (χ0) is 11.9. The second-order valence-electron chi connectivity index (χ2n) is 3.38. The van der Waals surface area contributed by atoms with Crippen molar-refractivity contribution >= 4 is 16.9 Å². The highest BCUT2D eigenvalue weighted by Crippen LogP contribution is 2.35. The number of furan rings is 1. The van der Waals surface area contributed by atoms with Crippen LogP contribution in [0.4, 0.5) is 0 Å². The molecule has 1 aromatic carbocycles. The van der Waals surface area contributed by atoms with Gasteiger partial charge in [0.25, 0.3) is 0 Å². The van der Waals surface area contributed by atoms with Crippen molar-refractivity contribution in [2.45, 2.75) is 6.92 Å². The number of methoxy groups -OCH3 is 1. The highest BCUT2D eigenvalue weighted by molar-refractivity contribution is 5.95. The first kappa shape index (κ1) is 10.4. The van der Waals surface area contributed by atoms with Crippen LogP contribution in [0.15, 0.2) is 16.5 Å². The summed E-state index contributed by atoms with van der Waals surface area (Å²) in [5, 5.41) is 19.0. The van der Waals surface area contributed by atoms with Gasteiger partial charge in [0, 0.05) is 17.0 Å². The van der Waals surface area contributed by atoms with E-state index < -0.39 is 5.97 Å². The van der Waals surface area contributed by atoms with E-state index >= 15 is 0 Å². The summed E-state index contributed by atoms with van der Waals surface area (Å²) in [6.07, 6.45) is 0. The van der Waals surface area contributed by atoms with Crippen LogP contribution in [0, 0.1) is 6.92 Å². The maximum Gasteiger partial charge on any atom is 0.372 e. The molecule has 0 bridgehead atoms. The lowest BCUT2D eigenvalue weighted by molar-refractivity contribution is 0.0664. The molecule has 84 valence electrons. The Morgan fingerprint density at radius 3 is 2.69 bits per heavy atom. The van der Waals surface area contributed by atoms with Crippen LogP contribution in [-0.2, 0) is 0 Å². The number of carboxylic acids is 1. The molecule has 0 radical (unpaired) electrons. The Bertz CT molecular complexity index is 567. The number of carbonyl (C=O) groups is 1. The number of carboxylic acid groups (broad SMARTS) is 1. The summed E-state index contributed by atoms with van der Waals surface area (Å²) in [6, 6.07) is 2.89. The Labute approximate surface area is 90.9 Å². The van der Waals surface area contributed by atoms with Crippen LogP contribution in [0.1, 0.15) is 16.1 Å². The molecule has 0 saturated heterocycles. The van der Waals surface area contributed by atoms with Crippen LogP contribution in [-0.4, -0.2) is 23.3 Å². The average Bonchev–Trinajstić information content (AvgIpc) is 2.55. The van der Waals surface area contributed by atoms with E-state index in [1.807, 2.05) is 0 Å². The summed E-state index contributed by atoms with van der Waals surface area (Å²) in [5.74, 6) is -1.05. The maximum absolute atomic E-state index is 10.8. The predicted molar refractivity (Wildman–Crippen MR) is 56.1 cm³/mol. The number of fused-ring (bicyclic) bond motifs is 1. The van der Waals surface area contributed by atoms with E-state index in [0.29, 0.717) is 16.5 Å². The van der Waals surface area contributed by atoms with E-state index in [0.717, 1.165) is 0 Å². The zero-order valence-electron chi connectivity index (χ0n) is 8.77. The number of hydrogen-bond acceptors (Lipinski definition) is 4. The Morgan fingerprint density at radius 1 is 1.44 bits per heavy atom. The van der Waals surface area contributed by atoms with Crippen LogP contribution in [0.5, 0.6) is 11.5 Å². The largest absolute Gasteiger partial charge is 0.504 e. The molecule has 5 nitrogen and oxygen atoms in total. The van der Waals surface area contributed by atoms with Crippen LogP contribution in [0.3, 0.4) is 0 Å². The van der Waals surface area contributed by atoms with E-state index in [4.69, 9.17) is 14.3 Å². The lowest BCUT2D eigenvalue weighted by atomic mass is 10.1. The summed E-state index contributed by atoms with van der Waals surface area (Å²) < 4.78 is 10.1. The van der Waals surface area contributed by atoms with Gasteiger partial charge in [0.05, 0.1) is 7.11 Å². The van der Waals surface area contributed by atoms with Gasteiger partial charge in [0.2, 0.25) is 5.76 Å². The second-order valence-corrected chi connectivity index (χ2v) is 3.38. The van der Waals surface area contributed by atoms with Gasteiger partial charge in [0.15, 0.2) is 11.5 Å². The number of benzene rings is 1. The van der Waals surface area contributed by atoms with Gasteiger partial charge in [-0.25, -0.2) is 4.79 Å². The van der Waals surface area contributed by atoms with Crippen molar-refractivity contribution in [3.05, 3.63) is 23.5 Å². The molecule has 0 atom stereocenters. The van der Waals surface area contributed by atoms with Gasteiger partial charge in [-0.05, 0) is 13.0 Å². The van der Waals surface area contributed by atoms with Gasteiger partial charge < -0.3 is 19.4 Å². The third-order valence-corrected chi connectivity index (χ3v) is 2.43. The number of hydrogen-bond donors (Lipinski definition) is 2. The molecule has 16 heavy (non-hydrogen) atoms. The number of aryl methyl sites for hydroxylation is 1. The van der Waals surface area contributed by atoms with Crippen molar-refractivity contribution in [1.29, 1.82) is 0 Å². The summed E-state index contributed by atoms with van der Waals surface area (Å²) in [7, 11) is 1.41. The average molecular weight is 222 g/mol. The Morgan fingerprint density at radius 2 is 2.12 bits per heavy atom. The molecular formula is C11H10O5. The molecule has 0 aliphatic carbocycles. The summed E-state index contributed by atoms with van der Waals surface area (Å²) >= 11 is 0. The summed E-state index contributed by atoms with van der Waals surface area (Å²) in [4.78, 5) is 10.8. The molecule has 0 unspecified atom stereocenters. The van der Waals surface area contributed by atoms with E-state index in [1.165, 1.54) is 19.2 Å². The topological polar surface area (TPSA) is 79.9 Å². The van der Waals surface area contributed by atoms with Crippen molar-refractivity contribution in [1.82, 2.24) is 0 Å². The number of rotatable bonds is 2. The Kier molecular flexibility index (Phi) is 2.23. The van der Waals surface area contributed by atoms with Gasteiger partial charge >= 0.3 is 5.97 Å². The number of phenolic OH excluding ortho intramolecular Hbond substituents is 1. The number of aromatic carboxylic acids is 1. The Balaban J connectivity index is 2.77. The van der Waals surface area contributed by atoms with Crippen LogP contribution < -0.4 is 4.74 Å². The fourth-order valence-electron chi connectivity index (χ4n) is 1.60. The SMILES string of the molecule is COc1cc2oc(C(=O)O)c(C)c2cc1O. The first-order valence-corrected chi connectivity index (χ1v) is 4.58. The Hall–Kier alpha value is -2.17. The van der Waals surface area contributed by atoms with Crippen LogP contribution in [0.2, 0.25) is 0 Å². The van der Waals surface area contributed by atoms with E-state index in [-0.39, 0.29) is 17.3 Å². The van der Waals surface area contributed by atoms with E-state index in [2.05, 4.69) is 0 Å². The van der Waals surface area contributed by atoms with Crippen molar-refractivity contribution in [3.63, 3.8) is 0 Å². The summed E-state index contributed by atoms with van der Waals surface area (Å²) in [6.45, 7) is 1.63. The molecule has 0 fully saturated rings. The smallest absolute Gasteiger partial charge is 0.372 e. The highest BCUT2D eigenvalue weighted by Gasteiger charge is 2.18. The normalized spacial score (nSPS) is 10.6. The molecular weight excluding hydrogens is 212 g/mol. The van der Waals surface area contributed by atoms with Gasteiger partial charge in [-0.3, -0.25) is 0 Å². The molecule has 1 aromatic heterocycles. The molecule has 0 saturated carbocycles. The fourth-order valence-corrected chi connectivity index (χ4v) is 1.60. The standard InChI is InChI=1S/C11H10O5/c1-5-6-3-7(12)9(15-2)4-8(6)16-10(5)11(13)14/h3-4,12H,1-2H3,(H,13,14). The van der Waals surface area contributed by atoms with Gasteiger partial charge in [-0.15, -0.1) is 0 Å². The summed E-state index contributed by atoms with van der Waals surface area (Å²) in [5.41, 5.74) is 0.866. The number of ether oxygens (including phenoxy) is 1. The molecule has 2 N–H and O–H groups in total. The zero-order valence-corrected chi connectivity index (χ0v) is 8.77. The monoisotopic (exact) mass is 222 g/mol. The minimum atomic E-state index is -1.13. The molecule has 1 heterocycles. The van der Waals surface area contributed by atoms with Crippen molar-refractivity contribution < 1.29 is 24.2 Å². The molecule has 0 aliphatic heterocycles. The number of phenols is 1. The second kappa shape index (κ2) is 3.44. The van der Waals surface area contributed by atoms with Crippen LogP contribution in [0.25, 0.3) is 11.0 Å². The number of aromatic hydroxyl groups is 1. The van der Waals surface area contributed by atoms with Crippen LogP contribution >= 0.6 is 0 Å². The molecule has 5 heteroatoms. The predicted octanol–water partition coefficient (Wildman–Crippen LogP) is 2.15. The van der Waals surface area contributed by atoms with Crippen molar-refractivity contribution in [2.24, 2.45) is 0 Å². The van der Waals surface area contributed by atoms with Gasteiger partial charge in [0.1, 0.15) is 5.58 Å². The molecule has 0 amide bonds. The molecule has 0 spiro atoms. The van der Waals surface area contributed by atoms with Gasteiger partial charge in [-0.1, -0.05) is 0 Å². The minimum Gasteiger partial charge on any atom is -0.504 e. The first-order chi connectivity index (χ1) is 7.54. The van der Waals surface area contributed by atoms with E-state index in [9.17, 15) is 9.90 Å². The van der Waals surface area contributed by atoms with Gasteiger partial charge in [-0.2, -0.15) is 0 Å². The minimum absolute atomic E-state index is 0.0455. The molecule has 2 aromatic rings.